The van der Waals surface area contributed by atoms with Gasteiger partial charge in [0.05, 0.1) is 5.75 Å². The summed E-state index contributed by atoms with van der Waals surface area (Å²) in [6.07, 6.45) is -2.08. The molecule has 0 saturated heterocycles. The van der Waals surface area contributed by atoms with E-state index in [0.717, 1.165) is 11.8 Å². The molecule has 0 saturated carbocycles. The summed E-state index contributed by atoms with van der Waals surface area (Å²) in [5.74, 6) is -0.0740. The Balaban J connectivity index is 1.35. The highest BCUT2D eigenvalue weighted by molar-refractivity contribution is 7.99. The third-order valence-electron chi connectivity index (χ3n) is 4.30. The van der Waals surface area contributed by atoms with Gasteiger partial charge in [0.15, 0.2) is 22.5 Å². The van der Waals surface area contributed by atoms with Crippen LogP contribution < -0.4 is 19.5 Å². The maximum absolute atomic E-state index is 13.1. The molecule has 12 heteroatoms. The van der Waals surface area contributed by atoms with Gasteiger partial charge in [0.1, 0.15) is 18.2 Å². The van der Waals surface area contributed by atoms with Gasteiger partial charge in [0, 0.05) is 18.3 Å². The van der Waals surface area contributed by atoms with E-state index in [1.807, 2.05) is 0 Å². The zero-order valence-corrected chi connectivity index (χ0v) is 17.8. The molecule has 0 unspecified atom stereocenters. The molecule has 2 heterocycles. The number of anilines is 1. The fraction of sp³-hybridized carbons (Fsp3) is 0.190. The topological polar surface area (TPSA) is 87.5 Å². The van der Waals surface area contributed by atoms with Gasteiger partial charge >= 0.3 is 6.29 Å². The number of nitrogens with zero attached hydrogens (tertiary/aromatic N) is 3. The number of carbonyl (C=O) groups excluding carboxylic acids is 1. The van der Waals surface area contributed by atoms with Crippen LogP contribution in [-0.2, 0) is 17.9 Å². The number of rotatable bonds is 9. The SMILES string of the molecule is C=CCn1c(COc2ccc(F)cc2)nnc1SCC(=O)Nc1ccc2c(c1)OC(F)(F)O2. The van der Waals surface area contributed by atoms with Crippen molar-refractivity contribution in [2.75, 3.05) is 11.1 Å². The van der Waals surface area contributed by atoms with Crippen LogP contribution in [0.1, 0.15) is 5.82 Å². The maximum atomic E-state index is 13.1. The zero-order chi connectivity index (χ0) is 23.4. The number of allylic oxidation sites excluding steroid dienone is 1. The summed E-state index contributed by atoms with van der Waals surface area (Å²) in [7, 11) is 0. The maximum Gasteiger partial charge on any atom is 0.586 e. The Labute approximate surface area is 190 Å². The number of carbonyl (C=O) groups is 1. The van der Waals surface area contributed by atoms with Crippen LogP contribution in [0.3, 0.4) is 0 Å². The third-order valence-corrected chi connectivity index (χ3v) is 5.27. The minimum Gasteiger partial charge on any atom is -0.486 e. The quantitative estimate of drug-likeness (QED) is 0.364. The van der Waals surface area contributed by atoms with E-state index in [0.29, 0.717) is 23.3 Å². The summed E-state index contributed by atoms with van der Waals surface area (Å²) < 4.78 is 55.3. The Kier molecular flexibility index (Phi) is 6.45. The number of ether oxygens (including phenoxy) is 3. The van der Waals surface area contributed by atoms with Gasteiger partial charge in [-0.15, -0.1) is 25.6 Å². The molecular weight excluding hydrogens is 461 g/mol. The number of alkyl halides is 2. The standard InChI is InChI=1S/C21H17F3N4O4S/c1-2-9-28-18(11-30-15-6-3-13(22)4-7-15)26-27-20(28)33-12-19(29)25-14-5-8-16-17(10-14)32-21(23,24)31-16/h2-8,10H,1,9,11-12H2,(H,25,29). The Hall–Kier alpha value is -3.67. The number of fused-ring (bicyclic) bond motifs is 1. The molecule has 1 aromatic heterocycles. The van der Waals surface area contributed by atoms with Crippen LogP contribution >= 0.6 is 11.8 Å². The van der Waals surface area contributed by atoms with Gasteiger partial charge in [0.25, 0.3) is 0 Å². The number of aromatic nitrogens is 3. The number of amides is 1. The second kappa shape index (κ2) is 9.45. The van der Waals surface area contributed by atoms with Crippen LogP contribution in [0.15, 0.2) is 60.3 Å². The average molecular weight is 478 g/mol. The first-order chi connectivity index (χ1) is 15.8. The van der Waals surface area contributed by atoms with Gasteiger partial charge in [-0.25, -0.2) is 4.39 Å². The average Bonchev–Trinajstić information content (AvgIpc) is 3.30. The van der Waals surface area contributed by atoms with E-state index in [9.17, 15) is 18.0 Å². The molecule has 1 aliphatic heterocycles. The summed E-state index contributed by atoms with van der Waals surface area (Å²) in [4.78, 5) is 12.3. The Morgan fingerprint density at radius 3 is 2.70 bits per heavy atom. The van der Waals surface area contributed by atoms with Crippen molar-refractivity contribution in [3.63, 3.8) is 0 Å². The highest BCUT2D eigenvalue weighted by Gasteiger charge is 2.43. The first kappa shape index (κ1) is 22.5. The predicted molar refractivity (Wildman–Crippen MR) is 113 cm³/mol. The number of hydrogen-bond acceptors (Lipinski definition) is 7. The predicted octanol–water partition coefficient (Wildman–Crippen LogP) is 4.23. The van der Waals surface area contributed by atoms with Gasteiger partial charge in [0.2, 0.25) is 5.91 Å². The van der Waals surface area contributed by atoms with Crippen LogP contribution in [0, 0.1) is 5.82 Å². The third kappa shape index (κ3) is 5.58. The lowest BCUT2D eigenvalue weighted by atomic mass is 10.3. The van der Waals surface area contributed by atoms with Crippen molar-refractivity contribution in [3.05, 3.63) is 66.8 Å². The molecule has 8 nitrogen and oxygen atoms in total. The number of benzene rings is 2. The van der Waals surface area contributed by atoms with E-state index in [4.69, 9.17) is 4.74 Å². The molecule has 0 fully saturated rings. The molecule has 1 N–H and O–H groups in total. The van der Waals surface area contributed by atoms with Gasteiger partial charge in [-0.3, -0.25) is 9.36 Å². The highest BCUT2D eigenvalue weighted by atomic mass is 32.2. The van der Waals surface area contributed by atoms with E-state index >= 15 is 0 Å². The molecule has 1 aliphatic rings. The molecule has 2 aromatic carbocycles. The fourth-order valence-corrected chi connectivity index (χ4v) is 3.64. The highest BCUT2D eigenvalue weighted by Crippen LogP contribution is 2.42. The number of thioether (sulfide) groups is 1. The van der Waals surface area contributed by atoms with Crippen LogP contribution in [0.5, 0.6) is 17.2 Å². The van der Waals surface area contributed by atoms with E-state index in [2.05, 4.69) is 31.6 Å². The molecule has 3 aromatic rings. The lowest BCUT2D eigenvalue weighted by Gasteiger charge is -2.09. The Morgan fingerprint density at radius 1 is 1.18 bits per heavy atom. The van der Waals surface area contributed by atoms with E-state index < -0.39 is 6.29 Å². The van der Waals surface area contributed by atoms with Gasteiger partial charge in [-0.2, -0.15) is 0 Å². The van der Waals surface area contributed by atoms with Crippen molar-refractivity contribution in [1.29, 1.82) is 0 Å². The van der Waals surface area contributed by atoms with Crippen molar-refractivity contribution in [3.8, 4) is 17.2 Å². The zero-order valence-electron chi connectivity index (χ0n) is 17.0. The van der Waals surface area contributed by atoms with Crippen molar-refractivity contribution in [1.82, 2.24) is 14.8 Å². The van der Waals surface area contributed by atoms with Crippen LogP contribution in [0.2, 0.25) is 0 Å². The Morgan fingerprint density at radius 2 is 1.94 bits per heavy atom. The van der Waals surface area contributed by atoms with Gasteiger partial charge in [-0.05, 0) is 36.4 Å². The van der Waals surface area contributed by atoms with Crippen molar-refractivity contribution in [2.24, 2.45) is 0 Å². The normalized spacial score (nSPS) is 13.5. The summed E-state index contributed by atoms with van der Waals surface area (Å²) in [6.45, 7) is 4.18. The van der Waals surface area contributed by atoms with Gasteiger partial charge in [-0.1, -0.05) is 17.8 Å². The molecular formula is C21H17F3N4O4S. The first-order valence-corrected chi connectivity index (χ1v) is 10.6. The second-order valence-corrected chi connectivity index (χ2v) is 7.65. The molecule has 4 rings (SSSR count). The first-order valence-electron chi connectivity index (χ1n) is 9.57. The summed E-state index contributed by atoms with van der Waals surface area (Å²) in [5, 5.41) is 11.3. The molecule has 0 spiro atoms. The molecule has 0 atom stereocenters. The van der Waals surface area contributed by atoms with Crippen LogP contribution in [0.25, 0.3) is 0 Å². The number of hydrogen-bond donors (Lipinski definition) is 1. The lowest BCUT2D eigenvalue weighted by Crippen LogP contribution is -2.25. The van der Waals surface area contributed by atoms with Crippen molar-refractivity contribution < 1.29 is 32.2 Å². The molecule has 1 amide bonds. The number of halogens is 3. The Bertz CT molecular complexity index is 1170. The number of nitrogens with one attached hydrogen (secondary N) is 1. The molecule has 0 aliphatic carbocycles. The van der Waals surface area contributed by atoms with E-state index in [1.165, 1.54) is 42.5 Å². The van der Waals surface area contributed by atoms with E-state index in [1.54, 1.807) is 10.6 Å². The smallest absolute Gasteiger partial charge is 0.486 e. The molecule has 0 radical (unpaired) electrons. The van der Waals surface area contributed by atoms with Crippen LogP contribution in [0.4, 0.5) is 18.9 Å². The molecule has 172 valence electrons. The van der Waals surface area contributed by atoms with E-state index in [-0.39, 0.29) is 41.3 Å². The van der Waals surface area contributed by atoms with Crippen molar-refractivity contribution in [2.45, 2.75) is 24.6 Å². The molecule has 33 heavy (non-hydrogen) atoms. The second-order valence-electron chi connectivity index (χ2n) is 6.71. The summed E-state index contributed by atoms with van der Waals surface area (Å²) >= 11 is 1.13. The van der Waals surface area contributed by atoms with Gasteiger partial charge < -0.3 is 19.5 Å². The monoisotopic (exact) mass is 478 g/mol. The van der Waals surface area contributed by atoms with Crippen LogP contribution in [-0.4, -0.2) is 32.7 Å². The van der Waals surface area contributed by atoms with Crippen molar-refractivity contribution >= 4 is 23.4 Å². The fourth-order valence-electron chi connectivity index (χ4n) is 2.88. The largest absolute Gasteiger partial charge is 0.586 e. The molecule has 0 bridgehead atoms. The lowest BCUT2D eigenvalue weighted by molar-refractivity contribution is -0.286. The minimum absolute atomic E-state index is 0.0152. The summed E-state index contributed by atoms with van der Waals surface area (Å²) in [5.41, 5.74) is 0.279. The summed E-state index contributed by atoms with van der Waals surface area (Å²) in [6, 6.07) is 9.54. The minimum atomic E-state index is -3.73.